The molecule has 0 aromatic heterocycles. The minimum absolute atomic E-state index is 0.00984. The summed E-state index contributed by atoms with van der Waals surface area (Å²) in [4.78, 5) is 24.1. The second-order valence-corrected chi connectivity index (χ2v) is 8.48. The van der Waals surface area contributed by atoms with E-state index in [2.05, 4.69) is 26.8 Å². The molecule has 0 spiro atoms. The van der Waals surface area contributed by atoms with Crippen molar-refractivity contribution in [2.45, 2.75) is 31.8 Å². The van der Waals surface area contributed by atoms with Crippen molar-refractivity contribution < 1.29 is 22.7 Å². The second-order valence-electron chi connectivity index (χ2n) is 6.09. The zero-order valence-corrected chi connectivity index (χ0v) is 17.8. The van der Waals surface area contributed by atoms with Crippen molar-refractivity contribution in [3.8, 4) is 5.75 Å². The molecule has 0 aliphatic carbocycles. The number of rotatable bonds is 5. The van der Waals surface area contributed by atoms with E-state index in [1.807, 2.05) is 26.0 Å². The quantitative estimate of drug-likeness (QED) is 0.576. The molecule has 0 radical (unpaired) electrons. The van der Waals surface area contributed by atoms with Crippen molar-refractivity contribution in [2.24, 2.45) is 5.14 Å². The van der Waals surface area contributed by atoms with Crippen molar-refractivity contribution in [1.29, 1.82) is 0 Å². The van der Waals surface area contributed by atoms with Crippen molar-refractivity contribution in [3.05, 3.63) is 57.6 Å². The maximum absolute atomic E-state index is 12.2. The number of carbonyl (C=O) groups is 2. The van der Waals surface area contributed by atoms with E-state index in [9.17, 15) is 18.0 Å². The fraction of sp³-hybridized carbons (Fsp3) is 0.222. The summed E-state index contributed by atoms with van der Waals surface area (Å²) in [6.45, 7) is 5.36. The smallest absolute Gasteiger partial charge is 0.279 e. The van der Waals surface area contributed by atoms with Crippen molar-refractivity contribution in [3.63, 3.8) is 0 Å². The van der Waals surface area contributed by atoms with E-state index in [-0.39, 0.29) is 14.9 Å². The third-order valence-electron chi connectivity index (χ3n) is 4.03. The first-order valence-electron chi connectivity index (χ1n) is 8.16. The summed E-state index contributed by atoms with van der Waals surface area (Å²) < 4.78 is 28.9. The largest absolute Gasteiger partial charge is 0.481 e. The Balaban J connectivity index is 2.02. The van der Waals surface area contributed by atoms with Gasteiger partial charge in [0.1, 0.15) is 5.75 Å². The van der Waals surface area contributed by atoms with Gasteiger partial charge in [0.15, 0.2) is 6.10 Å². The maximum atomic E-state index is 12.2. The topological polar surface area (TPSA) is 128 Å². The lowest BCUT2D eigenvalue weighted by Gasteiger charge is -2.17. The number of amides is 2. The number of hydrazine groups is 1. The molecule has 0 heterocycles. The Morgan fingerprint density at radius 1 is 1.14 bits per heavy atom. The number of sulfonamides is 1. The van der Waals surface area contributed by atoms with E-state index < -0.39 is 27.9 Å². The fourth-order valence-corrected chi connectivity index (χ4v) is 3.81. The Labute approximate surface area is 171 Å². The van der Waals surface area contributed by atoms with Crippen LogP contribution in [0.15, 0.2) is 45.8 Å². The molecule has 10 heteroatoms. The lowest BCUT2D eigenvalue weighted by molar-refractivity contribution is -0.128. The van der Waals surface area contributed by atoms with E-state index in [0.717, 1.165) is 17.2 Å². The monoisotopic (exact) mass is 469 g/mol. The minimum atomic E-state index is -4.01. The van der Waals surface area contributed by atoms with Gasteiger partial charge in [-0.05, 0) is 72.1 Å². The lowest BCUT2D eigenvalue weighted by atomic mass is 10.1. The van der Waals surface area contributed by atoms with E-state index in [4.69, 9.17) is 9.88 Å². The van der Waals surface area contributed by atoms with Gasteiger partial charge >= 0.3 is 0 Å². The van der Waals surface area contributed by atoms with Gasteiger partial charge in [-0.1, -0.05) is 12.1 Å². The fourth-order valence-electron chi connectivity index (χ4n) is 2.25. The molecule has 0 aliphatic heterocycles. The highest BCUT2D eigenvalue weighted by atomic mass is 79.9. The van der Waals surface area contributed by atoms with Gasteiger partial charge in [0.2, 0.25) is 10.0 Å². The van der Waals surface area contributed by atoms with Gasteiger partial charge in [-0.25, -0.2) is 13.6 Å². The Hall–Kier alpha value is -2.43. The number of aryl methyl sites for hydroxylation is 1. The first-order valence-corrected chi connectivity index (χ1v) is 10.5. The van der Waals surface area contributed by atoms with Crippen LogP contribution in [-0.2, 0) is 14.8 Å². The molecule has 0 saturated heterocycles. The summed E-state index contributed by atoms with van der Waals surface area (Å²) >= 11 is 3.06. The molecule has 150 valence electrons. The first kappa shape index (κ1) is 21.9. The third-order valence-corrected chi connectivity index (χ3v) is 5.93. The first-order chi connectivity index (χ1) is 13.0. The standard InChI is InChI=1S/C18H20BrN3O5S/c1-10-5-4-6-15(11(10)2)27-12(3)17(23)21-22-18(24)13-7-8-14(19)16(9-13)28(20,25)26/h4-9,12H,1-3H3,(H,21,23)(H,22,24)(H2,20,25,26)/t12-/m0/s1. The summed E-state index contributed by atoms with van der Waals surface area (Å²) in [6.07, 6.45) is -0.870. The van der Waals surface area contributed by atoms with Crippen LogP contribution in [0.25, 0.3) is 0 Å². The predicted octanol–water partition coefficient (Wildman–Crippen LogP) is 1.94. The van der Waals surface area contributed by atoms with Gasteiger partial charge in [-0.2, -0.15) is 0 Å². The molecule has 0 unspecified atom stereocenters. The molecule has 2 aromatic carbocycles. The Kier molecular flexibility index (Phi) is 6.81. The van der Waals surface area contributed by atoms with Crippen LogP contribution in [0.3, 0.4) is 0 Å². The lowest BCUT2D eigenvalue weighted by Crippen LogP contribution is -2.47. The number of nitrogens with one attached hydrogen (secondary N) is 2. The van der Waals surface area contributed by atoms with Gasteiger partial charge < -0.3 is 4.74 Å². The predicted molar refractivity (Wildman–Crippen MR) is 107 cm³/mol. The van der Waals surface area contributed by atoms with Crippen LogP contribution >= 0.6 is 15.9 Å². The van der Waals surface area contributed by atoms with Gasteiger partial charge in [-0.3, -0.25) is 20.4 Å². The van der Waals surface area contributed by atoms with Crippen LogP contribution in [0.1, 0.15) is 28.4 Å². The van der Waals surface area contributed by atoms with Crippen LogP contribution < -0.4 is 20.7 Å². The minimum Gasteiger partial charge on any atom is -0.481 e. The number of benzene rings is 2. The highest BCUT2D eigenvalue weighted by molar-refractivity contribution is 9.10. The summed E-state index contributed by atoms with van der Waals surface area (Å²) in [5.41, 5.74) is 6.42. The molecular weight excluding hydrogens is 450 g/mol. The van der Waals surface area contributed by atoms with Crippen molar-refractivity contribution in [2.75, 3.05) is 0 Å². The van der Waals surface area contributed by atoms with E-state index in [0.29, 0.717) is 5.75 Å². The van der Waals surface area contributed by atoms with E-state index in [1.54, 1.807) is 13.0 Å². The SMILES string of the molecule is Cc1cccc(O[C@@H](C)C(=O)NNC(=O)c2ccc(Br)c(S(N)(=O)=O)c2)c1C. The zero-order chi connectivity index (χ0) is 21.1. The molecule has 2 amide bonds. The van der Waals surface area contributed by atoms with Gasteiger partial charge in [0, 0.05) is 10.0 Å². The Bertz CT molecular complexity index is 1020. The normalized spacial score (nSPS) is 12.2. The number of carbonyl (C=O) groups excluding carboxylic acids is 2. The summed E-state index contributed by atoms with van der Waals surface area (Å²) in [6, 6.07) is 9.37. The number of halogens is 1. The molecule has 0 saturated carbocycles. The third kappa shape index (κ3) is 5.31. The molecule has 4 N–H and O–H groups in total. The number of ether oxygens (including phenoxy) is 1. The number of hydrogen-bond donors (Lipinski definition) is 3. The highest BCUT2D eigenvalue weighted by Gasteiger charge is 2.19. The number of hydrogen-bond acceptors (Lipinski definition) is 5. The molecule has 0 bridgehead atoms. The molecule has 2 aromatic rings. The molecule has 0 aliphatic rings. The van der Waals surface area contributed by atoms with Gasteiger partial charge in [-0.15, -0.1) is 0 Å². The number of nitrogens with two attached hydrogens (primary N) is 1. The summed E-state index contributed by atoms with van der Waals surface area (Å²) in [5, 5.41) is 5.11. The Morgan fingerprint density at radius 2 is 1.82 bits per heavy atom. The van der Waals surface area contributed by atoms with Crippen LogP contribution in [0, 0.1) is 13.8 Å². The van der Waals surface area contributed by atoms with Crippen LogP contribution in [-0.4, -0.2) is 26.3 Å². The summed E-state index contributed by atoms with van der Waals surface area (Å²) in [7, 11) is -4.01. The molecule has 1 atom stereocenters. The van der Waals surface area contributed by atoms with Gasteiger partial charge in [0.05, 0.1) is 4.90 Å². The van der Waals surface area contributed by atoms with Crippen molar-refractivity contribution in [1.82, 2.24) is 10.9 Å². The van der Waals surface area contributed by atoms with Crippen LogP contribution in [0.4, 0.5) is 0 Å². The molecule has 8 nitrogen and oxygen atoms in total. The van der Waals surface area contributed by atoms with E-state index >= 15 is 0 Å². The van der Waals surface area contributed by atoms with E-state index in [1.165, 1.54) is 12.1 Å². The Morgan fingerprint density at radius 3 is 2.46 bits per heavy atom. The van der Waals surface area contributed by atoms with Gasteiger partial charge in [0.25, 0.3) is 11.8 Å². The zero-order valence-electron chi connectivity index (χ0n) is 15.4. The summed E-state index contributed by atoms with van der Waals surface area (Å²) in [5.74, 6) is -0.706. The average molecular weight is 470 g/mol. The maximum Gasteiger partial charge on any atom is 0.279 e. The van der Waals surface area contributed by atoms with Crippen molar-refractivity contribution >= 4 is 37.8 Å². The average Bonchev–Trinajstić information content (AvgIpc) is 2.62. The molecular formula is C18H20BrN3O5S. The van der Waals surface area contributed by atoms with Crippen LogP contribution in [0.5, 0.6) is 5.75 Å². The van der Waals surface area contributed by atoms with Crippen LogP contribution in [0.2, 0.25) is 0 Å². The number of primary sulfonamides is 1. The second kappa shape index (κ2) is 8.72. The molecule has 28 heavy (non-hydrogen) atoms. The molecule has 0 fully saturated rings. The highest BCUT2D eigenvalue weighted by Crippen LogP contribution is 2.23. The molecule has 2 rings (SSSR count).